The molecule has 28 heavy (non-hydrogen) atoms. The average Bonchev–Trinajstić information content (AvgIpc) is 2.69. The average molecular weight is 383 g/mol. The number of nitrogens with zero attached hydrogens (tertiary/aromatic N) is 2. The Morgan fingerprint density at radius 2 is 1.64 bits per heavy atom. The first kappa shape index (κ1) is 20.0. The molecule has 1 saturated heterocycles. The second kappa shape index (κ2) is 8.97. The summed E-state index contributed by atoms with van der Waals surface area (Å²) in [6, 6.07) is 13.9. The quantitative estimate of drug-likeness (QED) is 0.862. The molecule has 0 saturated carbocycles. The summed E-state index contributed by atoms with van der Waals surface area (Å²) in [4.78, 5) is 28.4. The van der Waals surface area contributed by atoms with Gasteiger partial charge in [0.2, 0.25) is 5.91 Å². The Morgan fingerprint density at radius 1 is 1.00 bits per heavy atom. The number of nitrogens with one attached hydrogen (secondary N) is 1. The van der Waals surface area contributed by atoms with Crippen molar-refractivity contribution in [2.45, 2.75) is 19.8 Å². The lowest BCUT2D eigenvalue weighted by Crippen LogP contribution is -2.50. The molecule has 0 spiro atoms. The molecule has 0 aromatic heterocycles. The van der Waals surface area contributed by atoms with Crippen LogP contribution in [0.2, 0.25) is 0 Å². The zero-order valence-electron chi connectivity index (χ0n) is 16.3. The van der Waals surface area contributed by atoms with Crippen LogP contribution in [0.5, 0.6) is 0 Å². The monoisotopic (exact) mass is 383 g/mol. The maximum atomic E-state index is 13.8. The Kier molecular flexibility index (Phi) is 6.41. The lowest BCUT2D eigenvalue weighted by molar-refractivity contribution is -0.117. The fourth-order valence-corrected chi connectivity index (χ4v) is 3.27. The molecule has 3 rings (SSSR count). The fourth-order valence-electron chi connectivity index (χ4n) is 3.27. The molecule has 0 radical (unpaired) electrons. The minimum atomic E-state index is -0.502. The predicted octanol–water partition coefficient (Wildman–Crippen LogP) is 3.35. The second-order valence-corrected chi connectivity index (χ2v) is 7.37. The summed E-state index contributed by atoms with van der Waals surface area (Å²) in [7, 11) is 0. The van der Waals surface area contributed by atoms with Gasteiger partial charge >= 0.3 is 0 Å². The van der Waals surface area contributed by atoms with Gasteiger partial charge in [0.25, 0.3) is 5.91 Å². The van der Waals surface area contributed by atoms with E-state index in [1.165, 1.54) is 17.7 Å². The first-order chi connectivity index (χ1) is 13.4. The molecule has 2 aromatic carbocycles. The maximum absolute atomic E-state index is 13.8. The van der Waals surface area contributed by atoms with Gasteiger partial charge in [0.15, 0.2) is 0 Å². The number of carbonyl (C=O) groups excluding carboxylic acids is 2. The molecule has 2 aromatic rings. The summed E-state index contributed by atoms with van der Waals surface area (Å²) in [5, 5.41) is 2.91. The highest BCUT2D eigenvalue weighted by Gasteiger charge is 2.24. The van der Waals surface area contributed by atoms with E-state index in [1.807, 2.05) is 29.2 Å². The van der Waals surface area contributed by atoms with Crippen molar-refractivity contribution in [3.05, 3.63) is 65.5 Å². The third kappa shape index (κ3) is 4.95. The normalized spacial score (nSPS) is 14.9. The highest BCUT2D eigenvalue weighted by atomic mass is 19.1. The first-order valence-electron chi connectivity index (χ1n) is 9.60. The molecular weight excluding hydrogens is 357 g/mol. The van der Waals surface area contributed by atoms with Gasteiger partial charge in [-0.1, -0.05) is 38.1 Å². The van der Waals surface area contributed by atoms with Crippen LogP contribution < -0.4 is 5.32 Å². The van der Waals surface area contributed by atoms with Crippen molar-refractivity contribution >= 4 is 17.5 Å². The smallest absolute Gasteiger partial charge is 0.256 e. The number of amides is 2. The maximum Gasteiger partial charge on any atom is 0.256 e. The molecule has 0 aliphatic carbocycles. The number of halogens is 1. The Balaban J connectivity index is 1.48. The number of carbonyl (C=O) groups is 2. The molecule has 0 unspecified atom stereocenters. The number of hydrogen-bond acceptors (Lipinski definition) is 3. The van der Waals surface area contributed by atoms with E-state index >= 15 is 0 Å². The zero-order chi connectivity index (χ0) is 20.1. The molecular formula is C22H26FN3O2. The molecule has 1 heterocycles. The van der Waals surface area contributed by atoms with E-state index in [0.717, 1.165) is 5.69 Å². The predicted molar refractivity (Wildman–Crippen MR) is 108 cm³/mol. The van der Waals surface area contributed by atoms with Crippen molar-refractivity contribution in [2.75, 3.05) is 38.0 Å². The molecule has 2 amide bonds. The van der Waals surface area contributed by atoms with Crippen molar-refractivity contribution in [3.63, 3.8) is 0 Å². The summed E-state index contributed by atoms with van der Waals surface area (Å²) in [5.41, 5.74) is 2.11. The number of anilines is 1. The van der Waals surface area contributed by atoms with E-state index in [0.29, 0.717) is 32.1 Å². The minimum Gasteiger partial charge on any atom is -0.336 e. The van der Waals surface area contributed by atoms with Crippen LogP contribution in [0.25, 0.3) is 0 Å². The lowest BCUT2D eigenvalue weighted by Gasteiger charge is -2.34. The molecule has 0 bridgehead atoms. The fraction of sp³-hybridized carbons (Fsp3) is 0.364. The Morgan fingerprint density at radius 3 is 2.25 bits per heavy atom. The van der Waals surface area contributed by atoms with Gasteiger partial charge < -0.3 is 10.2 Å². The highest BCUT2D eigenvalue weighted by Crippen LogP contribution is 2.17. The summed E-state index contributed by atoms with van der Waals surface area (Å²) >= 11 is 0. The van der Waals surface area contributed by atoms with Crippen LogP contribution in [0.4, 0.5) is 10.1 Å². The van der Waals surface area contributed by atoms with Gasteiger partial charge in [-0.3, -0.25) is 14.5 Å². The Hall–Kier alpha value is -2.73. The molecule has 1 N–H and O–H groups in total. The van der Waals surface area contributed by atoms with E-state index in [-0.39, 0.29) is 23.9 Å². The van der Waals surface area contributed by atoms with Crippen LogP contribution >= 0.6 is 0 Å². The summed E-state index contributed by atoms with van der Waals surface area (Å²) in [6.45, 7) is 6.65. The van der Waals surface area contributed by atoms with Gasteiger partial charge in [0.1, 0.15) is 5.82 Å². The Bertz CT molecular complexity index is 828. The van der Waals surface area contributed by atoms with Gasteiger partial charge in [0.05, 0.1) is 12.1 Å². The van der Waals surface area contributed by atoms with E-state index in [9.17, 15) is 14.0 Å². The summed E-state index contributed by atoms with van der Waals surface area (Å²) < 4.78 is 13.8. The van der Waals surface area contributed by atoms with E-state index in [1.54, 1.807) is 17.0 Å². The van der Waals surface area contributed by atoms with Crippen molar-refractivity contribution in [1.82, 2.24) is 9.80 Å². The number of benzene rings is 2. The van der Waals surface area contributed by atoms with Crippen LogP contribution in [0.15, 0.2) is 48.5 Å². The van der Waals surface area contributed by atoms with Gasteiger partial charge in [-0.15, -0.1) is 0 Å². The van der Waals surface area contributed by atoms with Crippen LogP contribution in [-0.2, 0) is 4.79 Å². The Labute approximate surface area is 165 Å². The van der Waals surface area contributed by atoms with Crippen molar-refractivity contribution in [1.29, 1.82) is 0 Å². The van der Waals surface area contributed by atoms with Crippen LogP contribution in [0.3, 0.4) is 0 Å². The number of hydrogen-bond donors (Lipinski definition) is 1. The largest absolute Gasteiger partial charge is 0.336 e. The standard InChI is InChI=1S/C22H26FN3O2/c1-16(2)17-7-9-18(10-8-17)24-21(27)15-25-11-13-26(14-12-25)22(28)19-5-3-4-6-20(19)23/h3-10,16H,11-15H2,1-2H3,(H,24,27). The SMILES string of the molecule is CC(C)c1ccc(NC(=O)CN2CCN(C(=O)c3ccccc3F)CC2)cc1. The lowest BCUT2D eigenvalue weighted by atomic mass is 10.0. The van der Waals surface area contributed by atoms with Crippen molar-refractivity contribution in [2.24, 2.45) is 0 Å². The van der Waals surface area contributed by atoms with Crippen LogP contribution in [0, 0.1) is 5.82 Å². The van der Waals surface area contributed by atoms with E-state index in [4.69, 9.17) is 0 Å². The minimum absolute atomic E-state index is 0.0776. The molecule has 0 atom stereocenters. The topological polar surface area (TPSA) is 52.7 Å². The van der Waals surface area contributed by atoms with Crippen molar-refractivity contribution < 1.29 is 14.0 Å². The van der Waals surface area contributed by atoms with Crippen LogP contribution in [0.1, 0.15) is 35.7 Å². The van der Waals surface area contributed by atoms with E-state index < -0.39 is 5.82 Å². The first-order valence-corrected chi connectivity index (χ1v) is 9.60. The van der Waals surface area contributed by atoms with Crippen LogP contribution in [-0.4, -0.2) is 54.3 Å². The molecule has 148 valence electrons. The van der Waals surface area contributed by atoms with Crippen molar-refractivity contribution in [3.8, 4) is 0 Å². The van der Waals surface area contributed by atoms with Gasteiger partial charge in [-0.05, 0) is 35.7 Å². The van der Waals surface area contributed by atoms with E-state index in [2.05, 4.69) is 19.2 Å². The van der Waals surface area contributed by atoms with Gasteiger partial charge in [-0.25, -0.2) is 4.39 Å². The third-order valence-electron chi connectivity index (χ3n) is 4.99. The summed E-state index contributed by atoms with van der Waals surface area (Å²) in [6.07, 6.45) is 0. The summed E-state index contributed by atoms with van der Waals surface area (Å²) in [5.74, 6) is -0.426. The number of rotatable bonds is 5. The molecule has 1 aliphatic rings. The van der Waals surface area contributed by atoms with Gasteiger partial charge in [-0.2, -0.15) is 0 Å². The second-order valence-electron chi connectivity index (χ2n) is 7.37. The zero-order valence-corrected chi connectivity index (χ0v) is 16.3. The number of piperazine rings is 1. The molecule has 1 fully saturated rings. The molecule has 1 aliphatic heterocycles. The van der Waals surface area contributed by atoms with Gasteiger partial charge in [0, 0.05) is 31.9 Å². The molecule has 5 nitrogen and oxygen atoms in total. The highest BCUT2D eigenvalue weighted by molar-refractivity contribution is 5.94. The molecule has 6 heteroatoms. The third-order valence-corrected chi connectivity index (χ3v) is 4.99.